The number of nitrogens with zero attached hydrogens (tertiary/aromatic N) is 1. The van der Waals surface area contributed by atoms with Gasteiger partial charge in [-0.15, -0.1) is 0 Å². The normalized spacial score (nSPS) is 10.7. The van der Waals surface area contributed by atoms with E-state index in [1.807, 2.05) is 67.6 Å². The molecule has 0 aliphatic rings. The first-order chi connectivity index (χ1) is 15.5. The maximum absolute atomic E-state index is 12.0. The lowest BCUT2D eigenvalue weighted by atomic mass is 10.2. The molecular weight excluding hydrogens is 426 g/mol. The van der Waals surface area contributed by atoms with Crippen molar-refractivity contribution in [2.24, 2.45) is 5.10 Å². The average Bonchev–Trinajstić information content (AvgIpc) is 2.80. The van der Waals surface area contributed by atoms with Crippen molar-refractivity contribution in [2.75, 3.05) is 5.32 Å². The number of amides is 2. The van der Waals surface area contributed by atoms with Gasteiger partial charge < -0.3 is 10.1 Å². The molecule has 2 N–H and O–H groups in total. The highest BCUT2D eigenvalue weighted by molar-refractivity contribution is 6.31. The Kier molecular flexibility index (Phi) is 8.40. The first kappa shape index (κ1) is 23.0. The summed E-state index contributed by atoms with van der Waals surface area (Å²) in [5.74, 6) is 0.132. The highest BCUT2D eigenvalue weighted by Gasteiger charge is 2.07. The van der Waals surface area contributed by atoms with Crippen molar-refractivity contribution in [1.82, 2.24) is 5.43 Å². The highest BCUT2D eigenvalue weighted by Crippen LogP contribution is 2.20. The van der Waals surface area contributed by atoms with Crippen LogP contribution in [0.1, 0.15) is 29.5 Å². The molecule has 0 atom stereocenters. The average molecular weight is 450 g/mol. The zero-order valence-corrected chi connectivity index (χ0v) is 18.4. The Labute approximate surface area is 192 Å². The second-order valence-electron chi connectivity index (χ2n) is 7.15. The smallest absolute Gasteiger partial charge is 0.240 e. The summed E-state index contributed by atoms with van der Waals surface area (Å²) in [7, 11) is 0. The van der Waals surface area contributed by atoms with Crippen LogP contribution in [0.4, 0.5) is 5.69 Å². The Morgan fingerprint density at radius 2 is 1.69 bits per heavy atom. The largest absolute Gasteiger partial charge is 0.489 e. The standard InChI is InChI=1S/C25H24ClN3O3/c1-18-7-10-21(15-23(18)26)28-24(30)13-14-25(31)29-27-16-19-8-11-22(12-9-19)32-17-20-5-3-2-4-6-20/h2-12,15-16H,13-14,17H2,1H3,(H,28,30)(H,29,31). The van der Waals surface area contributed by atoms with Gasteiger partial charge in [-0.2, -0.15) is 5.10 Å². The van der Waals surface area contributed by atoms with Gasteiger partial charge in [0.1, 0.15) is 12.4 Å². The molecule has 3 aromatic carbocycles. The van der Waals surface area contributed by atoms with Crippen LogP contribution in [0, 0.1) is 6.92 Å². The van der Waals surface area contributed by atoms with Gasteiger partial charge in [0.25, 0.3) is 0 Å². The molecule has 0 aliphatic carbocycles. The third-order valence-electron chi connectivity index (χ3n) is 4.57. The van der Waals surface area contributed by atoms with Crippen molar-refractivity contribution >= 4 is 35.3 Å². The number of hydrogen-bond acceptors (Lipinski definition) is 4. The molecule has 2 amide bonds. The van der Waals surface area contributed by atoms with Crippen molar-refractivity contribution in [2.45, 2.75) is 26.4 Å². The van der Waals surface area contributed by atoms with Crippen LogP contribution in [0.5, 0.6) is 5.75 Å². The molecule has 0 aliphatic heterocycles. The lowest BCUT2D eigenvalue weighted by molar-refractivity contribution is -0.124. The zero-order chi connectivity index (χ0) is 22.8. The molecule has 164 valence electrons. The van der Waals surface area contributed by atoms with Crippen molar-refractivity contribution in [3.63, 3.8) is 0 Å². The molecule has 0 radical (unpaired) electrons. The minimum atomic E-state index is -0.346. The molecule has 32 heavy (non-hydrogen) atoms. The van der Waals surface area contributed by atoms with Gasteiger partial charge >= 0.3 is 0 Å². The zero-order valence-electron chi connectivity index (χ0n) is 17.7. The van der Waals surface area contributed by atoms with Crippen LogP contribution < -0.4 is 15.5 Å². The van der Waals surface area contributed by atoms with Gasteiger partial charge in [-0.3, -0.25) is 9.59 Å². The monoisotopic (exact) mass is 449 g/mol. The van der Waals surface area contributed by atoms with E-state index in [1.54, 1.807) is 12.1 Å². The SMILES string of the molecule is Cc1ccc(NC(=O)CCC(=O)NN=Cc2ccc(OCc3ccccc3)cc2)cc1Cl. The molecule has 3 aromatic rings. The van der Waals surface area contributed by atoms with Gasteiger partial charge in [0, 0.05) is 23.6 Å². The molecule has 6 nitrogen and oxygen atoms in total. The number of ether oxygens (including phenoxy) is 1. The number of aryl methyl sites for hydroxylation is 1. The van der Waals surface area contributed by atoms with Gasteiger partial charge in [-0.05, 0) is 60.0 Å². The molecule has 7 heteroatoms. The molecule has 0 unspecified atom stereocenters. The number of carbonyl (C=O) groups excluding carboxylic acids is 2. The molecule has 3 rings (SSSR count). The number of carbonyl (C=O) groups is 2. The first-order valence-electron chi connectivity index (χ1n) is 10.1. The van der Waals surface area contributed by atoms with E-state index in [0.29, 0.717) is 17.3 Å². The maximum atomic E-state index is 12.0. The number of anilines is 1. The van der Waals surface area contributed by atoms with E-state index < -0.39 is 0 Å². The molecule has 0 saturated carbocycles. The van der Waals surface area contributed by atoms with Gasteiger partial charge in [0.15, 0.2) is 0 Å². The van der Waals surface area contributed by atoms with E-state index in [0.717, 1.165) is 22.4 Å². The van der Waals surface area contributed by atoms with Crippen molar-refractivity contribution in [1.29, 1.82) is 0 Å². The van der Waals surface area contributed by atoms with Crippen LogP contribution in [-0.4, -0.2) is 18.0 Å². The minimum absolute atomic E-state index is 0.0228. The summed E-state index contributed by atoms with van der Waals surface area (Å²) in [5.41, 5.74) is 5.86. The van der Waals surface area contributed by atoms with Crippen LogP contribution in [0.25, 0.3) is 0 Å². The minimum Gasteiger partial charge on any atom is -0.489 e. The van der Waals surface area contributed by atoms with Crippen LogP contribution >= 0.6 is 11.6 Å². The van der Waals surface area contributed by atoms with Gasteiger partial charge in [-0.1, -0.05) is 48.0 Å². The van der Waals surface area contributed by atoms with Gasteiger partial charge in [-0.25, -0.2) is 5.43 Å². The summed E-state index contributed by atoms with van der Waals surface area (Å²) in [4.78, 5) is 23.9. The van der Waals surface area contributed by atoms with Crippen LogP contribution in [-0.2, 0) is 16.2 Å². The maximum Gasteiger partial charge on any atom is 0.240 e. The fraction of sp³-hybridized carbons (Fsp3) is 0.160. The lowest BCUT2D eigenvalue weighted by Crippen LogP contribution is -2.20. The van der Waals surface area contributed by atoms with Crippen molar-refractivity contribution in [3.05, 3.63) is 94.5 Å². The number of hydrazone groups is 1. The summed E-state index contributed by atoms with van der Waals surface area (Å²) in [6, 6.07) is 22.6. The Bertz CT molecular complexity index is 1080. The number of halogens is 1. The van der Waals surface area contributed by atoms with Crippen molar-refractivity contribution in [3.8, 4) is 5.75 Å². The number of benzene rings is 3. The Hall–Kier alpha value is -3.64. The number of nitrogens with one attached hydrogen (secondary N) is 2. The Morgan fingerprint density at radius 1 is 0.969 bits per heavy atom. The van der Waals surface area contributed by atoms with E-state index in [-0.39, 0.29) is 24.7 Å². The van der Waals surface area contributed by atoms with E-state index in [2.05, 4.69) is 15.8 Å². The van der Waals surface area contributed by atoms with E-state index in [1.165, 1.54) is 6.21 Å². The second-order valence-corrected chi connectivity index (χ2v) is 7.56. The molecule has 0 aromatic heterocycles. The van der Waals surface area contributed by atoms with Gasteiger partial charge in [0.2, 0.25) is 11.8 Å². The van der Waals surface area contributed by atoms with E-state index in [4.69, 9.17) is 16.3 Å². The first-order valence-corrected chi connectivity index (χ1v) is 10.5. The summed E-state index contributed by atoms with van der Waals surface area (Å²) < 4.78 is 5.74. The Balaban J connectivity index is 1.37. The van der Waals surface area contributed by atoms with Crippen molar-refractivity contribution < 1.29 is 14.3 Å². The highest BCUT2D eigenvalue weighted by atomic mass is 35.5. The fourth-order valence-electron chi connectivity index (χ4n) is 2.75. The Morgan fingerprint density at radius 3 is 2.41 bits per heavy atom. The second kappa shape index (κ2) is 11.7. The predicted molar refractivity (Wildman–Crippen MR) is 127 cm³/mol. The third-order valence-corrected chi connectivity index (χ3v) is 4.97. The van der Waals surface area contributed by atoms with Crippen LogP contribution in [0.2, 0.25) is 5.02 Å². The summed E-state index contributed by atoms with van der Waals surface area (Å²) in [6.07, 6.45) is 1.60. The molecular formula is C25H24ClN3O3. The quantitative estimate of drug-likeness (QED) is 0.352. The third kappa shape index (κ3) is 7.56. The summed E-state index contributed by atoms with van der Waals surface area (Å²) in [5, 5.41) is 7.23. The fourth-order valence-corrected chi connectivity index (χ4v) is 2.93. The molecule has 0 heterocycles. The molecule has 0 bridgehead atoms. The van der Waals surface area contributed by atoms with Crippen LogP contribution in [0.15, 0.2) is 77.9 Å². The van der Waals surface area contributed by atoms with E-state index in [9.17, 15) is 9.59 Å². The number of hydrogen-bond donors (Lipinski definition) is 2. The molecule has 0 spiro atoms. The van der Waals surface area contributed by atoms with E-state index >= 15 is 0 Å². The summed E-state index contributed by atoms with van der Waals surface area (Å²) in [6.45, 7) is 2.38. The summed E-state index contributed by atoms with van der Waals surface area (Å²) >= 11 is 6.04. The lowest BCUT2D eigenvalue weighted by Gasteiger charge is -2.07. The van der Waals surface area contributed by atoms with Gasteiger partial charge in [0.05, 0.1) is 6.21 Å². The molecule has 0 fully saturated rings. The number of rotatable bonds is 9. The van der Waals surface area contributed by atoms with Crippen LogP contribution in [0.3, 0.4) is 0 Å². The predicted octanol–water partition coefficient (Wildman–Crippen LogP) is 5.10. The topological polar surface area (TPSA) is 79.8 Å². The molecule has 0 saturated heterocycles.